The van der Waals surface area contributed by atoms with Crippen LogP contribution in [0.1, 0.15) is 23.3 Å². The lowest BCUT2D eigenvalue weighted by Crippen LogP contribution is -2.48. The quantitative estimate of drug-likeness (QED) is 0.811. The number of rotatable bonds is 4. The maximum absolute atomic E-state index is 11.3. The minimum atomic E-state index is -0.482. The van der Waals surface area contributed by atoms with Crippen molar-refractivity contribution in [3.8, 4) is 0 Å². The van der Waals surface area contributed by atoms with Crippen LogP contribution in [0.15, 0.2) is 12.1 Å². The summed E-state index contributed by atoms with van der Waals surface area (Å²) in [4.78, 5) is 13.8. The third-order valence-corrected chi connectivity index (χ3v) is 4.03. The molecule has 1 aromatic heterocycles. The van der Waals surface area contributed by atoms with Crippen molar-refractivity contribution in [3.63, 3.8) is 0 Å². The number of morpholine rings is 1. The van der Waals surface area contributed by atoms with E-state index in [1.54, 1.807) is 12.1 Å². The topological polar surface area (TPSA) is 76.6 Å². The number of aromatic nitrogens is 2. The Kier molecular flexibility index (Phi) is 4.31. The Morgan fingerprint density at radius 3 is 3.19 bits per heavy atom. The van der Waals surface area contributed by atoms with Gasteiger partial charge < -0.3 is 14.8 Å². The predicted molar refractivity (Wildman–Crippen MR) is 76.2 cm³/mol. The molecule has 0 aliphatic carbocycles. The minimum Gasteiger partial charge on any atom is -0.464 e. The largest absolute Gasteiger partial charge is 0.464 e. The van der Waals surface area contributed by atoms with Crippen LogP contribution >= 0.6 is 0 Å². The van der Waals surface area contributed by atoms with E-state index in [0.29, 0.717) is 18.4 Å². The van der Waals surface area contributed by atoms with Crippen molar-refractivity contribution in [1.82, 2.24) is 15.1 Å². The van der Waals surface area contributed by atoms with Gasteiger partial charge in [-0.1, -0.05) is 0 Å². The van der Waals surface area contributed by atoms with E-state index < -0.39 is 5.97 Å². The van der Waals surface area contributed by atoms with Crippen molar-refractivity contribution < 1.29 is 14.3 Å². The zero-order valence-electron chi connectivity index (χ0n) is 12.1. The summed E-state index contributed by atoms with van der Waals surface area (Å²) >= 11 is 0. The summed E-state index contributed by atoms with van der Waals surface area (Å²) in [5.74, 6) is 0.152. The molecule has 1 N–H and O–H groups in total. The molecule has 2 aliphatic rings. The van der Waals surface area contributed by atoms with E-state index in [2.05, 4.69) is 25.2 Å². The molecule has 0 spiro atoms. The van der Waals surface area contributed by atoms with Gasteiger partial charge in [-0.05, 0) is 31.5 Å². The fourth-order valence-corrected chi connectivity index (χ4v) is 2.87. The molecule has 2 unspecified atom stereocenters. The van der Waals surface area contributed by atoms with Crippen LogP contribution in [0.3, 0.4) is 0 Å². The van der Waals surface area contributed by atoms with Gasteiger partial charge in [0, 0.05) is 19.1 Å². The first kappa shape index (κ1) is 14.2. The van der Waals surface area contributed by atoms with Gasteiger partial charge in [0.15, 0.2) is 5.69 Å². The summed E-state index contributed by atoms with van der Waals surface area (Å²) < 4.78 is 10.5. The number of nitrogens with one attached hydrogen (secondary N) is 1. The van der Waals surface area contributed by atoms with E-state index in [0.717, 1.165) is 13.2 Å². The predicted octanol–water partition coefficient (Wildman–Crippen LogP) is 0.538. The van der Waals surface area contributed by atoms with Crippen LogP contribution in [0, 0.1) is 0 Å². The smallest absolute Gasteiger partial charge is 0.358 e. The summed E-state index contributed by atoms with van der Waals surface area (Å²) in [5.41, 5.74) is 0.205. The molecule has 1 aromatic rings. The van der Waals surface area contributed by atoms with Gasteiger partial charge in [-0.25, -0.2) is 4.79 Å². The van der Waals surface area contributed by atoms with Crippen LogP contribution < -0.4 is 5.32 Å². The molecule has 2 saturated heterocycles. The number of carbonyl (C=O) groups is 1. The molecule has 114 valence electrons. The molecule has 0 aromatic carbocycles. The van der Waals surface area contributed by atoms with E-state index in [9.17, 15) is 4.79 Å². The number of hydrogen-bond donors (Lipinski definition) is 1. The standard InChI is InChI=1S/C14H20N4O3/c1-20-14(19)12-4-5-13(17-16-12)15-7-11-8-18-6-2-3-10(18)9-21-11/h4-5,10-11H,2-3,6-9H2,1H3,(H,15,17). The zero-order valence-corrected chi connectivity index (χ0v) is 12.1. The normalized spacial score (nSPS) is 25.4. The van der Waals surface area contributed by atoms with Crippen LogP contribution in [0.25, 0.3) is 0 Å². The molecule has 3 rings (SSSR count). The molecule has 0 saturated carbocycles. The average Bonchev–Trinajstić information content (AvgIpc) is 3.00. The number of esters is 1. The highest BCUT2D eigenvalue weighted by atomic mass is 16.5. The van der Waals surface area contributed by atoms with Crippen molar-refractivity contribution in [2.45, 2.75) is 25.0 Å². The molecule has 0 amide bonds. The number of nitrogens with zero attached hydrogens (tertiary/aromatic N) is 3. The number of carbonyl (C=O) groups excluding carboxylic acids is 1. The molecule has 0 bridgehead atoms. The van der Waals surface area contributed by atoms with Gasteiger partial charge in [0.05, 0.1) is 19.8 Å². The molecule has 7 nitrogen and oxygen atoms in total. The third kappa shape index (κ3) is 3.30. The van der Waals surface area contributed by atoms with Crippen molar-refractivity contribution >= 4 is 11.8 Å². The first-order valence-corrected chi connectivity index (χ1v) is 7.28. The lowest BCUT2D eigenvalue weighted by Gasteiger charge is -2.35. The van der Waals surface area contributed by atoms with E-state index in [1.165, 1.54) is 26.5 Å². The maximum atomic E-state index is 11.3. The second-order valence-corrected chi connectivity index (χ2v) is 5.42. The third-order valence-electron chi connectivity index (χ3n) is 4.03. The molecule has 0 radical (unpaired) electrons. The maximum Gasteiger partial charge on any atom is 0.358 e. The molecule has 2 fully saturated rings. The van der Waals surface area contributed by atoms with Gasteiger partial charge in [0.2, 0.25) is 0 Å². The molecular weight excluding hydrogens is 272 g/mol. The number of hydrogen-bond acceptors (Lipinski definition) is 7. The summed E-state index contributed by atoms with van der Waals surface area (Å²) in [6.07, 6.45) is 2.69. The SMILES string of the molecule is COC(=O)c1ccc(NCC2CN3CCCC3CO2)nn1. The van der Waals surface area contributed by atoms with Gasteiger partial charge in [-0.15, -0.1) is 10.2 Å². The van der Waals surface area contributed by atoms with Crippen LogP contribution in [0.5, 0.6) is 0 Å². The number of ether oxygens (including phenoxy) is 2. The lowest BCUT2D eigenvalue weighted by atomic mass is 10.2. The Balaban J connectivity index is 1.50. The molecule has 21 heavy (non-hydrogen) atoms. The highest BCUT2D eigenvalue weighted by molar-refractivity contribution is 5.86. The molecule has 3 heterocycles. The van der Waals surface area contributed by atoms with Crippen LogP contribution in [-0.4, -0.2) is 66.6 Å². The molecule has 2 atom stereocenters. The fourth-order valence-electron chi connectivity index (χ4n) is 2.87. The van der Waals surface area contributed by atoms with Crippen molar-refractivity contribution in [1.29, 1.82) is 0 Å². The van der Waals surface area contributed by atoms with Crippen molar-refractivity contribution in [3.05, 3.63) is 17.8 Å². The van der Waals surface area contributed by atoms with E-state index in [-0.39, 0.29) is 11.8 Å². The van der Waals surface area contributed by atoms with Crippen molar-refractivity contribution in [2.75, 3.05) is 38.7 Å². The monoisotopic (exact) mass is 292 g/mol. The Morgan fingerprint density at radius 2 is 2.43 bits per heavy atom. The van der Waals surface area contributed by atoms with E-state index >= 15 is 0 Å². The van der Waals surface area contributed by atoms with Crippen LogP contribution in [0.2, 0.25) is 0 Å². The first-order chi connectivity index (χ1) is 10.3. The first-order valence-electron chi connectivity index (χ1n) is 7.28. The van der Waals surface area contributed by atoms with Gasteiger partial charge in [0.25, 0.3) is 0 Å². The van der Waals surface area contributed by atoms with Crippen LogP contribution in [-0.2, 0) is 9.47 Å². The van der Waals surface area contributed by atoms with Gasteiger partial charge in [0.1, 0.15) is 5.82 Å². The number of methoxy groups -OCH3 is 1. The Labute approximate surface area is 123 Å². The van der Waals surface area contributed by atoms with Crippen LogP contribution in [0.4, 0.5) is 5.82 Å². The highest BCUT2D eigenvalue weighted by Gasteiger charge is 2.31. The second kappa shape index (κ2) is 6.36. The fraction of sp³-hybridized carbons (Fsp3) is 0.643. The molecule has 7 heteroatoms. The molecular formula is C14H20N4O3. The minimum absolute atomic E-state index is 0.168. The highest BCUT2D eigenvalue weighted by Crippen LogP contribution is 2.22. The van der Waals surface area contributed by atoms with E-state index in [1.807, 2.05) is 0 Å². The van der Waals surface area contributed by atoms with Gasteiger partial charge in [-0.2, -0.15) is 0 Å². The summed E-state index contributed by atoms with van der Waals surface area (Å²) in [5, 5.41) is 11.0. The van der Waals surface area contributed by atoms with Crippen molar-refractivity contribution in [2.24, 2.45) is 0 Å². The zero-order chi connectivity index (χ0) is 14.7. The lowest BCUT2D eigenvalue weighted by molar-refractivity contribution is -0.0416. The molecule has 2 aliphatic heterocycles. The van der Waals surface area contributed by atoms with Gasteiger partial charge >= 0.3 is 5.97 Å². The summed E-state index contributed by atoms with van der Waals surface area (Å²) in [6.45, 7) is 3.65. The summed E-state index contributed by atoms with van der Waals surface area (Å²) in [6, 6.07) is 3.93. The second-order valence-electron chi connectivity index (χ2n) is 5.42. The number of anilines is 1. The van der Waals surface area contributed by atoms with Gasteiger partial charge in [-0.3, -0.25) is 4.90 Å². The number of fused-ring (bicyclic) bond motifs is 1. The van der Waals surface area contributed by atoms with E-state index in [4.69, 9.17) is 4.74 Å². The average molecular weight is 292 g/mol. The Hall–Kier alpha value is -1.73. The Bertz CT molecular complexity index is 493. The summed E-state index contributed by atoms with van der Waals surface area (Å²) in [7, 11) is 1.32. The Morgan fingerprint density at radius 1 is 1.52 bits per heavy atom.